The van der Waals surface area contributed by atoms with Crippen LogP contribution in [0.3, 0.4) is 0 Å². The number of nitrogens with zero attached hydrogens (tertiary/aromatic N) is 2. The normalized spacial score (nSPS) is 16.3. The zero-order valence-corrected chi connectivity index (χ0v) is 15.8. The Hall–Kier alpha value is -2.47. The number of carbonyl (C=O) groups excluding carboxylic acids is 1. The van der Waals surface area contributed by atoms with Gasteiger partial charge in [0.1, 0.15) is 18.1 Å². The van der Waals surface area contributed by atoms with Crippen LogP contribution in [0.5, 0.6) is 11.5 Å². The molecule has 0 saturated heterocycles. The number of ether oxygens (including phenoxy) is 2. The Morgan fingerprint density at radius 3 is 2.92 bits per heavy atom. The van der Waals surface area contributed by atoms with Crippen molar-refractivity contribution in [3.8, 4) is 11.5 Å². The molecule has 26 heavy (non-hydrogen) atoms. The summed E-state index contributed by atoms with van der Waals surface area (Å²) >= 11 is 6.16. The molecule has 1 N–H and O–H groups in total. The zero-order valence-electron chi connectivity index (χ0n) is 15.0. The van der Waals surface area contributed by atoms with Gasteiger partial charge in [-0.05, 0) is 24.1 Å². The third-order valence-electron chi connectivity index (χ3n) is 4.31. The molecule has 3 rings (SSSR count). The summed E-state index contributed by atoms with van der Waals surface area (Å²) in [5.41, 5.74) is 1.09. The summed E-state index contributed by atoms with van der Waals surface area (Å²) in [6.45, 7) is 5.05. The van der Waals surface area contributed by atoms with Crippen LogP contribution in [0.15, 0.2) is 36.4 Å². The summed E-state index contributed by atoms with van der Waals surface area (Å²) < 4.78 is 10.8. The van der Waals surface area contributed by atoms with Crippen LogP contribution in [0.25, 0.3) is 0 Å². The average molecular weight is 376 g/mol. The molecule has 1 aromatic carbocycles. The first-order valence-corrected chi connectivity index (χ1v) is 8.85. The van der Waals surface area contributed by atoms with Gasteiger partial charge in [-0.3, -0.25) is 9.89 Å². The highest BCUT2D eigenvalue weighted by atomic mass is 35.5. The van der Waals surface area contributed by atoms with Crippen molar-refractivity contribution < 1.29 is 14.3 Å². The van der Waals surface area contributed by atoms with E-state index in [0.717, 1.165) is 0 Å². The van der Waals surface area contributed by atoms with Crippen LogP contribution in [0, 0.1) is 5.92 Å². The Bertz CT molecular complexity index is 816. The molecule has 2 heterocycles. The third-order valence-corrected chi connectivity index (χ3v) is 4.61. The van der Waals surface area contributed by atoms with Crippen LogP contribution in [-0.4, -0.2) is 40.7 Å². The summed E-state index contributed by atoms with van der Waals surface area (Å²) in [7, 11) is 1.58. The molecule has 0 radical (unpaired) electrons. The van der Waals surface area contributed by atoms with Gasteiger partial charge in [0.15, 0.2) is 5.69 Å². The summed E-state index contributed by atoms with van der Waals surface area (Å²) in [6.07, 6.45) is 4.09. The Morgan fingerprint density at radius 1 is 1.42 bits per heavy atom. The van der Waals surface area contributed by atoms with Gasteiger partial charge >= 0.3 is 0 Å². The van der Waals surface area contributed by atoms with Crippen LogP contribution in [0.4, 0.5) is 0 Å². The van der Waals surface area contributed by atoms with Crippen molar-refractivity contribution in [3.63, 3.8) is 0 Å². The predicted octanol–water partition coefficient (Wildman–Crippen LogP) is 3.69. The minimum absolute atomic E-state index is 0.0846. The molecule has 7 heteroatoms. The van der Waals surface area contributed by atoms with Gasteiger partial charge in [-0.25, -0.2) is 0 Å². The number of carbonyl (C=O) groups is 1. The van der Waals surface area contributed by atoms with E-state index in [0.29, 0.717) is 40.4 Å². The number of aromatic nitrogens is 2. The second-order valence-corrected chi connectivity index (χ2v) is 6.89. The molecule has 1 aromatic heterocycles. The molecule has 0 saturated carbocycles. The van der Waals surface area contributed by atoms with E-state index in [-0.39, 0.29) is 18.6 Å². The fourth-order valence-electron chi connectivity index (χ4n) is 2.91. The highest BCUT2D eigenvalue weighted by Gasteiger charge is 2.29. The molecule has 6 nitrogen and oxygen atoms in total. The molecule has 0 fully saturated rings. The maximum absolute atomic E-state index is 12.7. The van der Waals surface area contributed by atoms with Gasteiger partial charge in [-0.2, -0.15) is 5.10 Å². The molecule has 138 valence electrons. The number of halogens is 1. The first-order valence-electron chi connectivity index (χ1n) is 8.48. The van der Waals surface area contributed by atoms with Crippen molar-refractivity contribution in [2.75, 3.05) is 13.7 Å². The summed E-state index contributed by atoms with van der Waals surface area (Å²) in [4.78, 5) is 14.5. The quantitative estimate of drug-likeness (QED) is 0.782. The van der Waals surface area contributed by atoms with Crippen LogP contribution in [0.1, 0.15) is 30.0 Å². The fourth-order valence-corrected chi connectivity index (χ4v) is 3.14. The van der Waals surface area contributed by atoms with E-state index in [2.05, 4.69) is 30.1 Å². The standard InChI is InChI=1S/C19H22ClN3O3/c1-12(2)17-5-4-8-23(17)19(24)16-9-13(21-22-16)11-26-18-7-6-14(25-3)10-15(18)20/h4-7,9-10,12,17H,8,11H2,1-3H3,(H,21,22)/t17-/m1/s1. The Kier molecular flexibility index (Phi) is 5.52. The first-order chi connectivity index (χ1) is 12.5. The van der Waals surface area contributed by atoms with Crippen molar-refractivity contribution in [2.45, 2.75) is 26.5 Å². The predicted molar refractivity (Wildman–Crippen MR) is 99.7 cm³/mol. The van der Waals surface area contributed by atoms with Crippen molar-refractivity contribution in [1.29, 1.82) is 0 Å². The van der Waals surface area contributed by atoms with E-state index in [9.17, 15) is 4.79 Å². The molecule has 1 aliphatic heterocycles. The third kappa shape index (κ3) is 3.85. The lowest BCUT2D eigenvalue weighted by atomic mass is 10.0. The topological polar surface area (TPSA) is 67.5 Å². The van der Waals surface area contributed by atoms with Crippen molar-refractivity contribution in [1.82, 2.24) is 15.1 Å². The summed E-state index contributed by atoms with van der Waals surface area (Å²) in [5, 5.41) is 7.46. The molecular weight excluding hydrogens is 354 g/mol. The Balaban J connectivity index is 1.64. The molecule has 1 amide bonds. The zero-order chi connectivity index (χ0) is 18.7. The number of hydrogen-bond acceptors (Lipinski definition) is 4. The van der Waals surface area contributed by atoms with E-state index < -0.39 is 0 Å². The van der Waals surface area contributed by atoms with Crippen LogP contribution in [0.2, 0.25) is 5.02 Å². The van der Waals surface area contributed by atoms with E-state index in [1.807, 2.05) is 11.0 Å². The fraction of sp³-hybridized carbons (Fsp3) is 0.368. The molecule has 1 aliphatic rings. The maximum atomic E-state index is 12.7. The van der Waals surface area contributed by atoms with Gasteiger partial charge in [0, 0.05) is 12.6 Å². The van der Waals surface area contributed by atoms with E-state index in [1.54, 1.807) is 31.4 Å². The lowest BCUT2D eigenvalue weighted by molar-refractivity contribution is 0.0714. The van der Waals surface area contributed by atoms with Crippen LogP contribution < -0.4 is 9.47 Å². The minimum Gasteiger partial charge on any atom is -0.497 e. The number of rotatable bonds is 6. The molecule has 2 aromatic rings. The average Bonchev–Trinajstić information content (AvgIpc) is 3.29. The Morgan fingerprint density at radius 2 is 2.23 bits per heavy atom. The highest BCUT2D eigenvalue weighted by Crippen LogP contribution is 2.29. The lowest BCUT2D eigenvalue weighted by Crippen LogP contribution is -2.39. The largest absolute Gasteiger partial charge is 0.497 e. The molecule has 0 spiro atoms. The number of hydrogen-bond donors (Lipinski definition) is 1. The maximum Gasteiger partial charge on any atom is 0.275 e. The first kappa shape index (κ1) is 18.3. The smallest absolute Gasteiger partial charge is 0.275 e. The summed E-state index contributed by atoms with van der Waals surface area (Å²) in [6, 6.07) is 7.03. The van der Waals surface area contributed by atoms with Crippen LogP contribution in [-0.2, 0) is 6.61 Å². The molecular formula is C19H22ClN3O3. The second-order valence-electron chi connectivity index (χ2n) is 6.48. The number of H-pyrrole nitrogens is 1. The highest BCUT2D eigenvalue weighted by molar-refractivity contribution is 6.32. The van der Waals surface area contributed by atoms with Gasteiger partial charge in [0.2, 0.25) is 0 Å². The Labute approximate surface area is 157 Å². The molecule has 0 unspecified atom stereocenters. The number of aromatic amines is 1. The van der Waals surface area contributed by atoms with Gasteiger partial charge < -0.3 is 14.4 Å². The van der Waals surface area contributed by atoms with Crippen molar-refractivity contribution in [3.05, 3.63) is 52.8 Å². The van der Waals surface area contributed by atoms with Gasteiger partial charge in [0.25, 0.3) is 5.91 Å². The van der Waals surface area contributed by atoms with Gasteiger partial charge in [-0.15, -0.1) is 0 Å². The molecule has 0 bridgehead atoms. The van der Waals surface area contributed by atoms with Crippen LogP contribution >= 0.6 is 11.6 Å². The van der Waals surface area contributed by atoms with Gasteiger partial charge in [0.05, 0.1) is 23.9 Å². The minimum atomic E-state index is -0.0846. The van der Waals surface area contributed by atoms with Crippen molar-refractivity contribution >= 4 is 17.5 Å². The van der Waals surface area contributed by atoms with Gasteiger partial charge in [-0.1, -0.05) is 37.6 Å². The van der Waals surface area contributed by atoms with E-state index in [4.69, 9.17) is 21.1 Å². The second kappa shape index (κ2) is 7.83. The number of benzene rings is 1. The lowest BCUT2D eigenvalue weighted by Gasteiger charge is -2.26. The van der Waals surface area contributed by atoms with Crippen molar-refractivity contribution in [2.24, 2.45) is 5.92 Å². The molecule has 0 aliphatic carbocycles. The van der Waals surface area contributed by atoms with E-state index in [1.165, 1.54) is 0 Å². The number of methoxy groups -OCH3 is 1. The van der Waals surface area contributed by atoms with E-state index >= 15 is 0 Å². The number of amides is 1. The number of nitrogens with one attached hydrogen (secondary N) is 1. The SMILES string of the molecule is COc1ccc(OCc2cc(C(=O)N3CC=C[C@@H]3C(C)C)n[nH]2)c(Cl)c1. The molecule has 1 atom stereocenters. The monoisotopic (exact) mass is 375 g/mol. The summed E-state index contributed by atoms with van der Waals surface area (Å²) in [5.74, 6) is 1.48.